The Bertz CT molecular complexity index is 874. The largest absolute Gasteiger partial charge is 0.624 e. The fraction of sp³-hybridized carbons (Fsp3) is 0.316. The zero-order valence-corrected chi connectivity index (χ0v) is 15.6. The number of rotatable bonds is 5. The second kappa shape index (κ2) is 7.99. The lowest BCUT2D eigenvalue weighted by atomic mass is 10.2. The third-order valence-electron chi connectivity index (χ3n) is 4.46. The molecule has 2 aromatic carbocycles. The van der Waals surface area contributed by atoms with Crippen molar-refractivity contribution in [2.24, 2.45) is 0 Å². The van der Waals surface area contributed by atoms with Gasteiger partial charge in [0.25, 0.3) is 0 Å². The van der Waals surface area contributed by atoms with Gasteiger partial charge in [-0.3, -0.25) is 0 Å². The summed E-state index contributed by atoms with van der Waals surface area (Å²) in [5, 5.41) is 12.3. The van der Waals surface area contributed by atoms with Crippen LogP contribution in [0.3, 0.4) is 0 Å². The van der Waals surface area contributed by atoms with Crippen LogP contribution < -0.4 is 0 Å². The van der Waals surface area contributed by atoms with Crippen LogP contribution in [0.25, 0.3) is 0 Å². The van der Waals surface area contributed by atoms with Crippen LogP contribution in [0.5, 0.6) is 0 Å². The summed E-state index contributed by atoms with van der Waals surface area (Å²) in [6.07, 6.45) is 1.36. The van der Waals surface area contributed by atoms with Gasteiger partial charge >= 0.3 is 0 Å². The third kappa shape index (κ3) is 4.30. The summed E-state index contributed by atoms with van der Waals surface area (Å²) >= 11 is 0. The maximum Gasteiger partial charge on any atom is 0.243 e. The van der Waals surface area contributed by atoms with Crippen LogP contribution in [-0.4, -0.2) is 61.8 Å². The highest BCUT2D eigenvalue weighted by Gasteiger charge is 2.29. The van der Waals surface area contributed by atoms with Crippen molar-refractivity contribution in [3.8, 4) is 0 Å². The average Bonchev–Trinajstić information content (AvgIpc) is 2.63. The van der Waals surface area contributed by atoms with Gasteiger partial charge < -0.3 is 10.1 Å². The van der Waals surface area contributed by atoms with Gasteiger partial charge in [0.2, 0.25) is 10.0 Å². The van der Waals surface area contributed by atoms with Crippen LogP contribution in [0, 0.1) is 5.21 Å². The Balaban J connectivity index is 1.87. The van der Waals surface area contributed by atoms with E-state index < -0.39 is 10.0 Å². The lowest BCUT2D eigenvalue weighted by molar-refractivity contribution is -0.469. The number of benzene rings is 2. The van der Waals surface area contributed by atoms with Crippen LogP contribution in [0.2, 0.25) is 0 Å². The minimum Gasteiger partial charge on any atom is -0.624 e. The first-order chi connectivity index (χ1) is 12.5. The van der Waals surface area contributed by atoms with E-state index in [0.717, 1.165) is 10.3 Å². The zero-order valence-electron chi connectivity index (χ0n) is 14.8. The highest BCUT2D eigenvalue weighted by Crippen LogP contribution is 2.20. The van der Waals surface area contributed by atoms with Crippen LogP contribution in [0.4, 0.5) is 0 Å². The summed E-state index contributed by atoms with van der Waals surface area (Å²) in [6, 6.07) is 16.0. The van der Waals surface area contributed by atoms with E-state index in [9.17, 15) is 13.6 Å². The van der Waals surface area contributed by atoms with E-state index in [2.05, 4.69) is 4.90 Å². The number of hydroxylamine groups is 1. The van der Waals surface area contributed by atoms with Crippen LogP contribution in [-0.2, 0) is 16.6 Å². The molecule has 138 valence electrons. The van der Waals surface area contributed by atoms with Gasteiger partial charge in [-0.2, -0.15) is 4.31 Å². The fourth-order valence-electron chi connectivity index (χ4n) is 2.95. The molecule has 7 heteroatoms. The molecule has 0 bridgehead atoms. The van der Waals surface area contributed by atoms with Gasteiger partial charge in [0.1, 0.15) is 0 Å². The molecule has 2 aromatic rings. The van der Waals surface area contributed by atoms with Gasteiger partial charge in [-0.1, -0.05) is 42.5 Å². The summed E-state index contributed by atoms with van der Waals surface area (Å²) in [7, 11) is -1.65. The minimum absolute atomic E-state index is 0.170. The number of piperazine rings is 1. The first-order valence-corrected chi connectivity index (χ1v) is 10.0. The Hall–Kier alpha value is -2.22. The number of nitrogens with zero attached hydrogens (tertiary/aromatic N) is 3. The SMILES string of the molecule is CN1CCN(S(=O)(=O)c2ccccc2C=[N+]([O-])Cc2ccccc2)CC1. The summed E-state index contributed by atoms with van der Waals surface area (Å²) in [4.78, 5) is 2.28. The first-order valence-electron chi connectivity index (χ1n) is 8.57. The molecule has 3 rings (SSSR count). The molecule has 6 nitrogen and oxygen atoms in total. The molecular weight excluding hydrogens is 350 g/mol. The zero-order chi connectivity index (χ0) is 18.6. The van der Waals surface area contributed by atoms with Crippen molar-refractivity contribution < 1.29 is 13.2 Å². The second-order valence-electron chi connectivity index (χ2n) is 6.44. The molecule has 26 heavy (non-hydrogen) atoms. The molecule has 0 amide bonds. The van der Waals surface area contributed by atoms with E-state index >= 15 is 0 Å². The molecule has 1 aliphatic heterocycles. The summed E-state index contributed by atoms with van der Waals surface area (Å²) < 4.78 is 28.3. The third-order valence-corrected chi connectivity index (χ3v) is 6.44. The lowest BCUT2D eigenvalue weighted by Crippen LogP contribution is -2.47. The molecule has 0 N–H and O–H groups in total. The number of sulfonamides is 1. The van der Waals surface area contributed by atoms with E-state index in [1.165, 1.54) is 10.5 Å². The molecule has 0 spiro atoms. The van der Waals surface area contributed by atoms with Crippen molar-refractivity contribution in [2.75, 3.05) is 33.2 Å². The summed E-state index contributed by atoms with van der Waals surface area (Å²) in [5.74, 6) is 0. The fourth-order valence-corrected chi connectivity index (χ4v) is 4.55. The van der Waals surface area contributed by atoms with E-state index in [1.807, 2.05) is 37.4 Å². The summed E-state index contributed by atoms with van der Waals surface area (Å²) in [6.45, 7) is 2.49. The normalized spacial score (nSPS) is 17.3. The number of likely N-dealkylation sites (N-methyl/N-ethyl adjacent to an activating group) is 1. The Morgan fingerprint density at radius 2 is 1.62 bits per heavy atom. The molecule has 1 aliphatic rings. The quantitative estimate of drug-likeness (QED) is 0.347. The van der Waals surface area contributed by atoms with E-state index in [-0.39, 0.29) is 11.4 Å². The van der Waals surface area contributed by atoms with E-state index in [0.29, 0.717) is 31.7 Å². The van der Waals surface area contributed by atoms with Crippen LogP contribution >= 0.6 is 0 Å². The van der Waals surface area contributed by atoms with Crippen molar-refractivity contribution in [2.45, 2.75) is 11.4 Å². The molecule has 0 saturated carbocycles. The molecule has 1 fully saturated rings. The lowest BCUT2D eigenvalue weighted by Gasteiger charge is -2.31. The van der Waals surface area contributed by atoms with Gasteiger partial charge in [-0.15, -0.1) is 0 Å². The molecule has 1 saturated heterocycles. The van der Waals surface area contributed by atoms with Crippen molar-refractivity contribution >= 4 is 16.2 Å². The smallest absolute Gasteiger partial charge is 0.243 e. The summed E-state index contributed by atoms with van der Waals surface area (Å²) in [5.41, 5.74) is 1.29. The predicted molar refractivity (Wildman–Crippen MR) is 102 cm³/mol. The first kappa shape index (κ1) is 18.6. The second-order valence-corrected chi connectivity index (χ2v) is 8.34. The predicted octanol–water partition coefficient (Wildman–Crippen LogP) is 1.75. The number of hydrogen-bond donors (Lipinski definition) is 0. The molecule has 0 radical (unpaired) electrons. The van der Waals surface area contributed by atoms with Crippen molar-refractivity contribution in [1.29, 1.82) is 0 Å². The molecule has 0 aromatic heterocycles. The van der Waals surface area contributed by atoms with Crippen LogP contribution in [0.15, 0.2) is 59.5 Å². The molecule has 0 aliphatic carbocycles. The standard InChI is InChI=1S/C19H23N3O3S/c1-20-11-13-22(14-12-20)26(24,25)19-10-6-5-9-18(19)16-21(23)15-17-7-3-2-4-8-17/h2-10,16H,11-15H2,1H3. The molecule has 0 atom stereocenters. The van der Waals surface area contributed by atoms with Crippen LogP contribution in [0.1, 0.15) is 11.1 Å². The van der Waals surface area contributed by atoms with Gasteiger partial charge in [-0.25, -0.2) is 13.2 Å². The topological polar surface area (TPSA) is 66.7 Å². The minimum atomic E-state index is -3.62. The van der Waals surface area contributed by atoms with Gasteiger partial charge in [0, 0.05) is 31.7 Å². The van der Waals surface area contributed by atoms with Gasteiger partial charge in [0.15, 0.2) is 12.8 Å². The Kier molecular flexibility index (Phi) is 5.70. The monoisotopic (exact) mass is 373 g/mol. The number of hydrogen-bond acceptors (Lipinski definition) is 4. The highest BCUT2D eigenvalue weighted by molar-refractivity contribution is 7.89. The average molecular weight is 373 g/mol. The van der Waals surface area contributed by atoms with Crippen molar-refractivity contribution in [3.05, 3.63) is 70.9 Å². The van der Waals surface area contributed by atoms with Gasteiger partial charge in [-0.05, 0) is 19.2 Å². The molecule has 0 unspecified atom stereocenters. The Morgan fingerprint density at radius 3 is 2.31 bits per heavy atom. The molecular formula is C19H23N3O3S. The Morgan fingerprint density at radius 1 is 1.00 bits per heavy atom. The van der Waals surface area contributed by atoms with E-state index in [1.54, 1.807) is 24.3 Å². The van der Waals surface area contributed by atoms with Gasteiger partial charge in [0.05, 0.1) is 10.5 Å². The maximum atomic E-state index is 13.0. The Labute approximate surface area is 154 Å². The van der Waals surface area contributed by atoms with Crippen molar-refractivity contribution in [1.82, 2.24) is 9.21 Å². The van der Waals surface area contributed by atoms with E-state index in [4.69, 9.17) is 0 Å². The molecule has 1 heterocycles. The van der Waals surface area contributed by atoms with Crippen molar-refractivity contribution in [3.63, 3.8) is 0 Å². The maximum absolute atomic E-state index is 13.0. The highest BCUT2D eigenvalue weighted by atomic mass is 32.2.